The lowest BCUT2D eigenvalue weighted by Crippen LogP contribution is -2.24. The number of rotatable bonds is 5. The monoisotopic (exact) mass is 259 g/mol. The predicted molar refractivity (Wildman–Crippen MR) is 84.5 cm³/mol. The Morgan fingerprint density at radius 1 is 1.37 bits per heavy atom. The number of hydrogen-bond acceptors (Lipinski definition) is 2. The van der Waals surface area contributed by atoms with Crippen LogP contribution < -0.4 is 5.32 Å². The molecule has 1 saturated carbocycles. The van der Waals surface area contributed by atoms with Gasteiger partial charge in [0.1, 0.15) is 0 Å². The van der Waals surface area contributed by atoms with E-state index in [2.05, 4.69) is 17.2 Å². The maximum absolute atomic E-state index is 7.37. The third-order valence-corrected chi connectivity index (χ3v) is 3.30. The van der Waals surface area contributed by atoms with E-state index in [0.29, 0.717) is 5.92 Å². The first kappa shape index (κ1) is 15.4. The van der Waals surface area contributed by atoms with Gasteiger partial charge in [-0.15, -0.1) is 0 Å². The van der Waals surface area contributed by atoms with Gasteiger partial charge in [0, 0.05) is 18.4 Å². The van der Waals surface area contributed by atoms with Crippen LogP contribution in [0, 0.1) is 11.3 Å². The average Bonchev–Trinajstić information content (AvgIpc) is 2.46. The quantitative estimate of drug-likeness (QED) is 0.599. The van der Waals surface area contributed by atoms with E-state index in [9.17, 15) is 0 Å². The summed E-state index contributed by atoms with van der Waals surface area (Å²) in [7, 11) is 1.73. The molecule has 1 atom stereocenters. The van der Waals surface area contributed by atoms with Crippen molar-refractivity contribution in [2.75, 3.05) is 12.4 Å². The number of anilines is 1. The zero-order valence-corrected chi connectivity index (χ0v) is 12.0. The summed E-state index contributed by atoms with van der Waals surface area (Å²) in [6.07, 6.45) is 7.90. The molecule has 1 aromatic rings. The minimum atomic E-state index is 0.685. The van der Waals surface area contributed by atoms with E-state index in [1.165, 1.54) is 25.7 Å². The van der Waals surface area contributed by atoms with Crippen LogP contribution in [0.5, 0.6) is 0 Å². The van der Waals surface area contributed by atoms with Crippen molar-refractivity contribution in [1.82, 2.24) is 0 Å². The lowest BCUT2D eigenvalue weighted by atomic mass is 9.80. The van der Waals surface area contributed by atoms with Crippen LogP contribution in [-0.4, -0.2) is 19.1 Å². The number of benzene rings is 1. The van der Waals surface area contributed by atoms with Crippen LogP contribution in [0.1, 0.15) is 39.0 Å². The Morgan fingerprint density at radius 3 is 2.58 bits per heavy atom. The molecule has 0 aromatic heterocycles. The van der Waals surface area contributed by atoms with Crippen LogP contribution in [0.25, 0.3) is 0 Å². The molecule has 0 heterocycles. The summed E-state index contributed by atoms with van der Waals surface area (Å²) < 4.78 is 0. The first-order valence-electron chi connectivity index (χ1n) is 7.07. The number of para-hydroxylation sites is 1. The number of hydrogen-bond donors (Lipinski definition) is 2. The van der Waals surface area contributed by atoms with Gasteiger partial charge in [-0.25, -0.2) is 0 Å². The van der Waals surface area contributed by atoms with E-state index in [1.54, 1.807) is 13.4 Å². The van der Waals surface area contributed by atoms with Gasteiger partial charge in [-0.1, -0.05) is 38.0 Å². The molecule has 1 fully saturated rings. The molecule has 2 rings (SSSR count). The molecule has 2 N–H and O–H groups in total. The van der Waals surface area contributed by atoms with Gasteiger partial charge < -0.3 is 10.7 Å². The van der Waals surface area contributed by atoms with Crippen molar-refractivity contribution in [2.45, 2.75) is 39.0 Å². The zero-order chi connectivity index (χ0) is 13.9. The van der Waals surface area contributed by atoms with Crippen molar-refractivity contribution in [3.63, 3.8) is 0 Å². The summed E-state index contributed by atoms with van der Waals surface area (Å²) in [6, 6.07) is 9.91. The largest absolute Gasteiger partial charge is 0.347 e. The van der Waals surface area contributed by atoms with Crippen LogP contribution in [0.3, 0.4) is 0 Å². The molecule has 0 saturated heterocycles. The van der Waals surface area contributed by atoms with Crippen LogP contribution in [0.15, 0.2) is 35.3 Å². The molecular formula is C16H25N3. The second kappa shape index (κ2) is 9.31. The third-order valence-electron chi connectivity index (χ3n) is 3.30. The van der Waals surface area contributed by atoms with Crippen LogP contribution in [0.4, 0.5) is 5.69 Å². The van der Waals surface area contributed by atoms with Gasteiger partial charge in [0.15, 0.2) is 0 Å². The summed E-state index contributed by atoms with van der Waals surface area (Å²) >= 11 is 0. The highest BCUT2D eigenvalue weighted by Crippen LogP contribution is 2.27. The third kappa shape index (κ3) is 6.18. The summed E-state index contributed by atoms with van der Waals surface area (Å²) in [5.41, 5.74) is 2.07. The summed E-state index contributed by atoms with van der Waals surface area (Å²) in [5, 5.41) is 10.4. The fraction of sp³-hybridized carbons (Fsp3) is 0.500. The van der Waals surface area contributed by atoms with Crippen molar-refractivity contribution in [1.29, 1.82) is 5.41 Å². The minimum absolute atomic E-state index is 0.685. The molecular weight excluding hydrogens is 234 g/mol. The molecule has 1 unspecified atom stereocenters. The molecule has 19 heavy (non-hydrogen) atoms. The standard InChI is InChI=1S/C8H10N2.C8H15N/c1-9-7-10-8-5-3-2-4-6-8;1-2-3-4-7-5-6-8(7)9/h2-7H,1H3,(H,9,10);7,9H,2-6H2,1H3. The molecule has 1 aliphatic carbocycles. The van der Waals surface area contributed by atoms with Gasteiger partial charge in [-0.2, -0.15) is 0 Å². The number of nitrogens with zero attached hydrogens (tertiary/aromatic N) is 1. The van der Waals surface area contributed by atoms with Crippen molar-refractivity contribution in [2.24, 2.45) is 10.9 Å². The molecule has 104 valence electrons. The Labute approximate surface area is 116 Å². The predicted octanol–water partition coefficient (Wildman–Crippen LogP) is 4.36. The van der Waals surface area contributed by atoms with E-state index in [4.69, 9.17) is 5.41 Å². The van der Waals surface area contributed by atoms with Gasteiger partial charge in [0.2, 0.25) is 0 Å². The minimum Gasteiger partial charge on any atom is -0.347 e. The van der Waals surface area contributed by atoms with E-state index in [1.807, 2.05) is 30.3 Å². The SMILES string of the molecule is CCCCC1CCC1=N.CN=CNc1ccccc1. The Hall–Kier alpha value is -1.64. The summed E-state index contributed by atoms with van der Waals surface area (Å²) in [5.74, 6) is 0.685. The second-order valence-electron chi connectivity index (χ2n) is 4.80. The molecule has 3 nitrogen and oxygen atoms in total. The van der Waals surface area contributed by atoms with E-state index in [0.717, 1.165) is 17.8 Å². The van der Waals surface area contributed by atoms with E-state index >= 15 is 0 Å². The summed E-state index contributed by atoms with van der Waals surface area (Å²) in [4.78, 5) is 3.79. The van der Waals surface area contributed by atoms with Crippen molar-refractivity contribution in [3.05, 3.63) is 30.3 Å². The molecule has 0 aliphatic heterocycles. The van der Waals surface area contributed by atoms with Gasteiger partial charge in [0.05, 0.1) is 6.34 Å². The van der Waals surface area contributed by atoms with E-state index in [-0.39, 0.29) is 0 Å². The van der Waals surface area contributed by atoms with Crippen molar-refractivity contribution < 1.29 is 0 Å². The molecule has 1 aromatic carbocycles. The van der Waals surface area contributed by atoms with Gasteiger partial charge in [-0.3, -0.25) is 4.99 Å². The lowest BCUT2D eigenvalue weighted by Gasteiger charge is -2.26. The Balaban J connectivity index is 0.000000191. The van der Waals surface area contributed by atoms with Crippen LogP contribution >= 0.6 is 0 Å². The molecule has 1 aliphatic rings. The topological polar surface area (TPSA) is 48.2 Å². The van der Waals surface area contributed by atoms with Gasteiger partial charge in [0.25, 0.3) is 0 Å². The normalized spacial score (nSPS) is 17.6. The second-order valence-corrected chi connectivity index (χ2v) is 4.80. The fourth-order valence-corrected chi connectivity index (χ4v) is 1.94. The Morgan fingerprint density at radius 2 is 2.11 bits per heavy atom. The van der Waals surface area contributed by atoms with E-state index < -0.39 is 0 Å². The molecule has 0 amide bonds. The first-order chi connectivity index (χ1) is 9.27. The van der Waals surface area contributed by atoms with Gasteiger partial charge in [-0.05, 0) is 37.3 Å². The number of unbranched alkanes of at least 4 members (excludes halogenated alkanes) is 1. The lowest BCUT2D eigenvalue weighted by molar-refractivity contribution is 0.488. The van der Waals surface area contributed by atoms with Crippen molar-refractivity contribution in [3.8, 4) is 0 Å². The van der Waals surface area contributed by atoms with Crippen LogP contribution in [-0.2, 0) is 0 Å². The summed E-state index contributed by atoms with van der Waals surface area (Å²) in [6.45, 7) is 2.21. The fourth-order valence-electron chi connectivity index (χ4n) is 1.94. The number of aliphatic imine (C=N–C) groups is 1. The maximum atomic E-state index is 7.37. The number of nitrogens with one attached hydrogen (secondary N) is 2. The highest BCUT2D eigenvalue weighted by atomic mass is 14.9. The molecule has 0 spiro atoms. The maximum Gasteiger partial charge on any atom is 0.0864 e. The molecule has 0 bridgehead atoms. The first-order valence-corrected chi connectivity index (χ1v) is 7.07. The highest BCUT2D eigenvalue weighted by molar-refractivity contribution is 5.88. The van der Waals surface area contributed by atoms with Gasteiger partial charge >= 0.3 is 0 Å². The van der Waals surface area contributed by atoms with Crippen LogP contribution in [0.2, 0.25) is 0 Å². The zero-order valence-electron chi connectivity index (χ0n) is 12.0. The Kier molecular flexibility index (Phi) is 7.56. The van der Waals surface area contributed by atoms with Crippen molar-refractivity contribution >= 4 is 17.7 Å². The molecule has 0 radical (unpaired) electrons. The average molecular weight is 259 g/mol. The highest BCUT2D eigenvalue weighted by Gasteiger charge is 2.22. The smallest absolute Gasteiger partial charge is 0.0864 e. The molecule has 3 heteroatoms. The Bertz CT molecular complexity index is 384.